The summed E-state index contributed by atoms with van der Waals surface area (Å²) in [4.78, 5) is 22.9. The van der Waals surface area contributed by atoms with E-state index >= 15 is 0 Å². The van der Waals surface area contributed by atoms with Gasteiger partial charge in [-0.1, -0.05) is 26.7 Å². The van der Waals surface area contributed by atoms with Crippen LogP contribution in [-0.4, -0.2) is 55.9 Å². The Balaban J connectivity index is 2.91. The number of carbonyl (C=O) groups is 2. The second-order valence-corrected chi connectivity index (χ2v) is 6.53. The maximum atomic E-state index is 11.5. The number of esters is 2. The van der Waals surface area contributed by atoms with Crippen molar-refractivity contribution in [2.75, 3.05) is 19.8 Å². The number of rotatable bonds is 11. The lowest BCUT2D eigenvalue weighted by molar-refractivity contribution is -0.208. The number of ether oxygens (including phenoxy) is 5. The van der Waals surface area contributed by atoms with Crippen molar-refractivity contribution in [1.82, 2.24) is 0 Å². The van der Waals surface area contributed by atoms with Crippen molar-refractivity contribution in [2.24, 2.45) is 0 Å². The van der Waals surface area contributed by atoms with E-state index in [9.17, 15) is 9.59 Å². The van der Waals surface area contributed by atoms with Crippen LogP contribution in [0.2, 0.25) is 0 Å². The molecule has 0 unspecified atom stereocenters. The van der Waals surface area contributed by atoms with Crippen LogP contribution in [0.1, 0.15) is 60.3 Å². The van der Waals surface area contributed by atoms with Gasteiger partial charge in [0.25, 0.3) is 0 Å². The van der Waals surface area contributed by atoms with Crippen LogP contribution in [0.15, 0.2) is 0 Å². The van der Waals surface area contributed by atoms with Crippen LogP contribution in [0.3, 0.4) is 0 Å². The molecule has 0 N–H and O–H groups in total. The Morgan fingerprint density at radius 3 is 2.16 bits per heavy atom. The molecular formula is C18H32O7. The van der Waals surface area contributed by atoms with E-state index in [0.29, 0.717) is 13.2 Å². The number of unbranched alkanes of at least 4 members (excludes halogenated alkanes) is 2. The summed E-state index contributed by atoms with van der Waals surface area (Å²) in [7, 11) is 0. The summed E-state index contributed by atoms with van der Waals surface area (Å²) < 4.78 is 28.2. The molecule has 0 amide bonds. The summed E-state index contributed by atoms with van der Waals surface area (Å²) in [6, 6.07) is 0. The Morgan fingerprint density at radius 2 is 1.60 bits per heavy atom. The third-order valence-corrected chi connectivity index (χ3v) is 3.96. The summed E-state index contributed by atoms with van der Waals surface area (Å²) in [5, 5.41) is 0. The highest BCUT2D eigenvalue weighted by atomic mass is 16.8. The lowest BCUT2D eigenvalue weighted by atomic mass is 9.98. The SMILES string of the molecule is CCCCOC[C@@]1(C)O[C@H](OC(C)=O)[C@H](OC(C)=O)[C@@H]1OCCCC. The van der Waals surface area contributed by atoms with Crippen molar-refractivity contribution in [3.8, 4) is 0 Å². The zero-order valence-electron chi connectivity index (χ0n) is 16.0. The average molecular weight is 360 g/mol. The van der Waals surface area contributed by atoms with E-state index in [0.717, 1.165) is 25.7 Å². The van der Waals surface area contributed by atoms with E-state index in [1.54, 1.807) is 0 Å². The van der Waals surface area contributed by atoms with Crippen LogP contribution in [0.25, 0.3) is 0 Å². The van der Waals surface area contributed by atoms with Gasteiger partial charge in [0.05, 0.1) is 6.61 Å². The van der Waals surface area contributed by atoms with Gasteiger partial charge in [-0.2, -0.15) is 0 Å². The van der Waals surface area contributed by atoms with Crippen LogP contribution >= 0.6 is 0 Å². The molecule has 0 aromatic heterocycles. The van der Waals surface area contributed by atoms with Gasteiger partial charge in [-0.05, 0) is 19.8 Å². The minimum atomic E-state index is -1.01. The quantitative estimate of drug-likeness (QED) is 0.414. The lowest BCUT2D eigenvalue weighted by Gasteiger charge is -2.30. The molecule has 0 radical (unpaired) electrons. The Bertz CT molecular complexity index is 426. The number of hydrogen-bond donors (Lipinski definition) is 0. The first kappa shape index (κ1) is 21.9. The number of carbonyl (C=O) groups excluding carboxylic acids is 2. The zero-order valence-corrected chi connectivity index (χ0v) is 16.0. The molecule has 1 heterocycles. The molecule has 0 bridgehead atoms. The van der Waals surface area contributed by atoms with Gasteiger partial charge in [0.2, 0.25) is 6.29 Å². The van der Waals surface area contributed by atoms with E-state index in [1.807, 2.05) is 6.92 Å². The molecule has 0 aliphatic carbocycles. The number of hydrogen-bond acceptors (Lipinski definition) is 7. The average Bonchev–Trinajstić information content (AvgIpc) is 2.76. The fraction of sp³-hybridized carbons (Fsp3) is 0.889. The fourth-order valence-corrected chi connectivity index (χ4v) is 2.72. The van der Waals surface area contributed by atoms with Gasteiger partial charge in [0.1, 0.15) is 11.7 Å². The second-order valence-electron chi connectivity index (χ2n) is 6.53. The molecular weight excluding hydrogens is 328 g/mol. The van der Waals surface area contributed by atoms with Gasteiger partial charge in [-0.3, -0.25) is 9.59 Å². The molecule has 0 aromatic carbocycles. The first-order valence-corrected chi connectivity index (χ1v) is 9.05. The van der Waals surface area contributed by atoms with Gasteiger partial charge in [-0.15, -0.1) is 0 Å². The zero-order chi connectivity index (χ0) is 18.9. The molecule has 0 saturated carbocycles. The van der Waals surface area contributed by atoms with Crippen LogP contribution in [0.5, 0.6) is 0 Å². The summed E-state index contributed by atoms with van der Waals surface area (Å²) >= 11 is 0. The summed E-state index contributed by atoms with van der Waals surface area (Å²) in [6.07, 6.45) is 1.41. The molecule has 1 aliphatic heterocycles. The Kier molecular flexibility index (Phi) is 9.38. The molecule has 7 heteroatoms. The lowest BCUT2D eigenvalue weighted by Crippen LogP contribution is -2.47. The summed E-state index contributed by atoms with van der Waals surface area (Å²) in [5.41, 5.74) is -0.873. The predicted molar refractivity (Wildman–Crippen MR) is 91.0 cm³/mol. The van der Waals surface area contributed by atoms with E-state index in [4.69, 9.17) is 23.7 Å². The highest BCUT2D eigenvalue weighted by molar-refractivity contribution is 5.67. The maximum Gasteiger partial charge on any atom is 0.305 e. The predicted octanol–water partition coefficient (Wildman–Crippen LogP) is 2.60. The van der Waals surface area contributed by atoms with Gasteiger partial charge in [-0.25, -0.2) is 0 Å². The van der Waals surface area contributed by atoms with Gasteiger partial charge in [0, 0.05) is 27.1 Å². The molecule has 25 heavy (non-hydrogen) atoms. The molecule has 1 rings (SSSR count). The van der Waals surface area contributed by atoms with E-state index < -0.39 is 36.0 Å². The molecule has 1 aliphatic rings. The highest BCUT2D eigenvalue weighted by Crippen LogP contribution is 2.36. The highest BCUT2D eigenvalue weighted by Gasteiger charge is 2.57. The largest absolute Gasteiger partial charge is 0.453 e. The molecule has 4 atom stereocenters. The summed E-state index contributed by atoms with van der Waals surface area (Å²) in [6.45, 7) is 9.94. The Labute approximate surface area is 150 Å². The Hall–Kier alpha value is -1.18. The molecule has 1 fully saturated rings. The minimum Gasteiger partial charge on any atom is -0.453 e. The van der Waals surface area contributed by atoms with Gasteiger partial charge >= 0.3 is 11.9 Å². The fourth-order valence-electron chi connectivity index (χ4n) is 2.72. The van der Waals surface area contributed by atoms with Crippen molar-refractivity contribution in [3.63, 3.8) is 0 Å². The van der Waals surface area contributed by atoms with Crippen LogP contribution in [0.4, 0.5) is 0 Å². The van der Waals surface area contributed by atoms with Gasteiger partial charge in [0.15, 0.2) is 6.10 Å². The minimum absolute atomic E-state index is 0.263. The monoisotopic (exact) mass is 360 g/mol. The van der Waals surface area contributed by atoms with Crippen LogP contribution < -0.4 is 0 Å². The first-order valence-electron chi connectivity index (χ1n) is 9.05. The van der Waals surface area contributed by atoms with E-state index in [-0.39, 0.29) is 6.61 Å². The Morgan fingerprint density at radius 1 is 1.00 bits per heavy atom. The summed E-state index contributed by atoms with van der Waals surface area (Å²) in [5.74, 6) is -0.989. The topological polar surface area (TPSA) is 80.3 Å². The van der Waals surface area contributed by atoms with Crippen LogP contribution in [0, 0.1) is 0 Å². The van der Waals surface area contributed by atoms with Crippen molar-refractivity contribution < 1.29 is 33.3 Å². The third kappa shape index (κ3) is 6.92. The van der Waals surface area contributed by atoms with Crippen LogP contribution in [-0.2, 0) is 33.3 Å². The van der Waals surface area contributed by atoms with E-state index in [1.165, 1.54) is 13.8 Å². The van der Waals surface area contributed by atoms with Crippen molar-refractivity contribution in [1.29, 1.82) is 0 Å². The third-order valence-electron chi connectivity index (χ3n) is 3.96. The molecule has 0 aromatic rings. The van der Waals surface area contributed by atoms with Crippen molar-refractivity contribution in [3.05, 3.63) is 0 Å². The molecule has 0 spiro atoms. The van der Waals surface area contributed by atoms with Gasteiger partial charge < -0.3 is 23.7 Å². The normalized spacial score (nSPS) is 28.8. The smallest absolute Gasteiger partial charge is 0.305 e. The van der Waals surface area contributed by atoms with E-state index in [2.05, 4.69) is 13.8 Å². The maximum absolute atomic E-state index is 11.5. The standard InChI is InChI=1S/C18H32O7/c1-6-8-10-21-12-18(5)16(22-11-9-7-2)15(23-13(3)19)17(25-18)24-14(4)20/h15-17H,6-12H2,1-5H3/t15-,16+,17+,18-/m1/s1. The molecule has 1 saturated heterocycles. The van der Waals surface area contributed by atoms with Crippen molar-refractivity contribution in [2.45, 2.75) is 84.4 Å². The molecule has 7 nitrogen and oxygen atoms in total. The molecule has 146 valence electrons. The van der Waals surface area contributed by atoms with Crippen molar-refractivity contribution >= 4 is 11.9 Å². The first-order chi connectivity index (χ1) is 11.8. The second kappa shape index (κ2) is 10.7.